The first kappa shape index (κ1) is 24.6. The molecule has 0 fully saturated rings. The van der Waals surface area contributed by atoms with Gasteiger partial charge < -0.3 is 20.6 Å². The molecule has 0 aliphatic heterocycles. The molecular weight excluding hydrogens is 417 g/mol. The lowest BCUT2D eigenvalue weighted by atomic mass is 9.98. The summed E-state index contributed by atoms with van der Waals surface area (Å²) in [4.78, 5) is 8.79. The van der Waals surface area contributed by atoms with Crippen LogP contribution in [0.25, 0.3) is 16.8 Å². The number of ether oxygens (including phenoxy) is 1. The average molecular weight is 452 g/mol. The second-order valence-electron chi connectivity index (χ2n) is 8.06. The average Bonchev–Trinajstić information content (AvgIpc) is 3.21. The zero-order valence-electron chi connectivity index (χ0n) is 19.8. The van der Waals surface area contributed by atoms with Gasteiger partial charge in [0.05, 0.1) is 12.3 Å². The molecule has 4 N–H and O–H groups in total. The van der Waals surface area contributed by atoms with Crippen molar-refractivity contribution in [3.63, 3.8) is 0 Å². The van der Waals surface area contributed by atoms with E-state index in [1.165, 1.54) is 17.7 Å². The summed E-state index contributed by atoms with van der Waals surface area (Å²) in [5.74, 6) is 0.169. The Balaban J connectivity index is 1.88. The lowest BCUT2D eigenvalue weighted by Gasteiger charge is -2.16. The standard InChI is InChI=1S/C26H34FN5O/c1-4-5-18(2)22(24(15-29)30-3)11-13-33-25-14-20(27)7-8-23(25)19-6-9-26-31-16-21(10-12-28)32(26)17-19/h6-9,14,16-17H,4-5,10-13,15,28-29H2,1-3H3/b22-18-,30-24-. The van der Waals surface area contributed by atoms with Crippen LogP contribution in [-0.4, -0.2) is 41.8 Å². The predicted octanol–water partition coefficient (Wildman–Crippen LogP) is 4.56. The molecule has 2 aromatic heterocycles. The second-order valence-corrected chi connectivity index (χ2v) is 8.06. The quantitative estimate of drug-likeness (QED) is 0.418. The summed E-state index contributed by atoms with van der Waals surface area (Å²) in [6.07, 6.45) is 7.26. The SMILES string of the molecule is CCC/C(C)=C(CCOc1cc(F)ccc1-c1ccc2ncc(CCN)n2c1)\C(CN)=N/C. The van der Waals surface area contributed by atoms with Gasteiger partial charge in [-0.25, -0.2) is 9.37 Å². The minimum atomic E-state index is -0.336. The van der Waals surface area contributed by atoms with Crippen molar-refractivity contribution in [2.75, 3.05) is 26.7 Å². The molecule has 1 aromatic carbocycles. The Labute approximate surface area is 195 Å². The minimum absolute atomic E-state index is 0.336. The Morgan fingerprint density at radius 1 is 1.18 bits per heavy atom. The van der Waals surface area contributed by atoms with E-state index in [0.717, 1.165) is 53.0 Å². The molecule has 0 aliphatic rings. The van der Waals surface area contributed by atoms with Crippen molar-refractivity contribution in [2.45, 2.75) is 39.5 Å². The number of hydrogen-bond donors (Lipinski definition) is 2. The number of nitrogens with zero attached hydrogens (tertiary/aromatic N) is 3. The Bertz CT molecular complexity index is 1150. The van der Waals surface area contributed by atoms with Crippen molar-refractivity contribution in [1.29, 1.82) is 0 Å². The van der Waals surface area contributed by atoms with Gasteiger partial charge in [-0.3, -0.25) is 4.99 Å². The molecule has 6 nitrogen and oxygen atoms in total. The van der Waals surface area contributed by atoms with Gasteiger partial charge in [0.25, 0.3) is 0 Å². The molecule has 3 aromatic rings. The first-order chi connectivity index (χ1) is 16.0. The maximum absolute atomic E-state index is 14.1. The molecule has 3 rings (SSSR count). The highest BCUT2D eigenvalue weighted by molar-refractivity contribution is 6.02. The smallest absolute Gasteiger partial charge is 0.136 e. The number of nitrogens with two attached hydrogens (primary N) is 2. The van der Waals surface area contributed by atoms with Crippen LogP contribution in [0.4, 0.5) is 4.39 Å². The molecule has 2 heterocycles. The van der Waals surface area contributed by atoms with Crippen LogP contribution < -0.4 is 16.2 Å². The van der Waals surface area contributed by atoms with Crippen molar-refractivity contribution >= 4 is 11.4 Å². The number of benzene rings is 1. The third kappa shape index (κ3) is 5.86. The van der Waals surface area contributed by atoms with Crippen LogP contribution in [0.15, 0.2) is 58.9 Å². The number of fused-ring (bicyclic) bond motifs is 1. The molecule has 7 heteroatoms. The first-order valence-corrected chi connectivity index (χ1v) is 11.5. The molecule has 0 aliphatic carbocycles. The van der Waals surface area contributed by atoms with Crippen molar-refractivity contribution in [2.24, 2.45) is 16.5 Å². The fourth-order valence-electron chi connectivity index (χ4n) is 4.12. The van der Waals surface area contributed by atoms with Crippen molar-refractivity contribution < 1.29 is 9.13 Å². The number of aliphatic imine (C=N–C) groups is 1. The van der Waals surface area contributed by atoms with Crippen LogP contribution in [-0.2, 0) is 6.42 Å². The van der Waals surface area contributed by atoms with E-state index in [4.69, 9.17) is 16.2 Å². The molecule has 0 saturated heterocycles. The van der Waals surface area contributed by atoms with E-state index < -0.39 is 0 Å². The highest BCUT2D eigenvalue weighted by Gasteiger charge is 2.13. The lowest BCUT2D eigenvalue weighted by Crippen LogP contribution is -2.19. The molecule has 0 radical (unpaired) electrons. The number of imidazole rings is 1. The Morgan fingerprint density at radius 3 is 2.70 bits per heavy atom. The Morgan fingerprint density at radius 2 is 2.00 bits per heavy atom. The molecule has 0 bridgehead atoms. The van der Waals surface area contributed by atoms with Crippen LogP contribution in [0.5, 0.6) is 5.75 Å². The third-order valence-corrected chi connectivity index (χ3v) is 5.80. The Kier molecular flexibility index (Phi) is 8.74. The van der Waals surface area contributed by atoms with Crippen LogP contribution in [0, 0.1) is 5.82 Å². The highest BCUT2D eigenvalue weighted by Crippen LogP contribution is 2.32. The highest BCUT2D eigenvalue weighted by atomic mass is 19.1. The van der Waals surface area contributed by atoms with Gasteiger partial charge in [0.1, 0.15) is 17.2 Å². The van der Waals surface area contributed by atoms with Gasteiger partial charge in [-0.1, -0.05) is 18.9 Å². The summed E-state index contributed by atoms with van der Waals surface area (Å²) >= 11 is 0. The zero-order chi connectivity index (χ0) is 23.8. The van der Waals surface area contributed by atoms with Gasteiger partial charge in [0.2, 0.25) is 0 Å². The Hall–Kier alpha value is -3.03. The molecule has 0 saturated carbocycles. The van der Waals surface area contributed by atoms with Gasteiger partial charge in [0, 0.05) is 61.7 Å². The fourth-order valence-corrected chi connectivity index (χ4v) is 4.12. The number of hydrogen-bond acceptors (Lipinski definition) is 5. The van der Waals surface area contributed by atoms with E-state index in [1.807, 2.05) is 28.9 Å². The van der Waals surface area contributed by atoms with Crippen molar-refractivity contribution in [3.05, 3.63) is 65.4 Å². The molecule has 0 atom stereocenters. The number of pyridine rings is 1. The zero-order valence-corrected chi connectivity index (χ0v) is 19.8. The summed E-state index contributed by atoms with van der Waals surface area (Å²) in [7, 11) is 1.76. The fraction of sp³-hybridized carbons (Fsp3) is 0.385. The van der Waals surface area contributed by atoms with Crippen LogP contribution in [0.3, 0.4) is 0 Å². The summed E-state index contributed by atoms with van der Waals surface area (Å²) in [5, 5.41) is 0. The van der Waals surface area contributed by atoms with E-state index >= 15 is 0 Å². The van der Waals surface area contributed by atoms with Crippen LogP contribution in [0.2, 0.25) is 0 Å². The second kappa shape index (κ2) is 11.7. The topological polar surface area (TPSA) is 90.9 Å². The number of halogens is 1. The monoisotopic (exact) mass is 451 g/mol. The van der Waals surface area contributed by atoms with Gasteiger partial charge in [0.15, 0.2) is 0 Å². The van der Waals surface area contributed by atoms with Crippen molar-refractivity contribution in [3.8, 4) is 16.9 Å². The molecule has 0 spiro atoms. The number of aromatic nitrogens is 2. The minimum Gasteiger partial charge on any atom is -0.492 e. The van der Waals surface area contributed by atoms with E-state index in [9.17, 15) is 4.39 Å². The normalized spacial score (nSPS) is 12.8. The number of rotatable bonds is 11. The third-order valence-electron chi connectivity index (χ3n) is 5.80. The van der Waals surface area contributed by atoms with Crippen LogP contribution in [0.1, 0.15) is 38.8 Å². The van der Waals surface area contributed by atoms with Gasteiger partial charge in [-0.15, -0.1) is 0 Å². The maximum Gasteiger partial charge on any atom is 0.136 e. The molecule has 176 valence electrons. The summed E-state index contributed by atoms with van der Waals surface area (Å²) in [5.41, 5.74) is 18.6. The summed E-state index contributed by atoms with van der Waals surface area (Å²) in [6.45, 7) is 5.60. The van der Waals surface area contributed by atoms with Crippen molar-refractivity contribution in [1.82, 2.24) is 9.38 Å². The number of allylic oxidation sites excluding steroid dienone is 1. The van der Waals surface area contributed by atoms with Gasteiger partial charge >= 0.3 is 0 Å². The van der Waals surface area contributed by atoms with Crippen LogP contribution >= 0.6 is 0 Å². The van der Waals surface area contributed by atoms with Gasteiger partial charge in [-0.2, -0.15) is 0 Å². The van der Waals surface area contributed by atoms with E-state index in [-0.39, 0.29) is 5.82 Å². The largest absolute Gasteiger partial charge is 0.492 e. The molecule has 0 amide bonds. The molecular formula is C26H34FN5O. The summed E-state index contributed by atoms with van der Waals surface area (Å²) < 4.78 is 22.3. The first-order valence-electron chi connectivity index (χ1n) is 11.5. The maximum atomic E-state index is 14.1. The lowest BCUT2D eigenvalue weighted by molar-refractivity contribution is 0.322. The predicted molar refractivity (Wildman–Crippen MR) is 133 cm³/mol. The van der Waals surface area contributed by atoms with E-state index in [1.54, 1.807) is 13.1 Å². The molecule has 0 unspecified atom stereocenters. The summed E-state index contributed by atoms with van der Waals surface area (Å²) in [6, 6.07) is 8.57. The van der Waals surface area contributed by atoms with E-state index in [0.29, 0.717) is 31.9 Å². The molecule has 33 heavy (non-hydrogen) atoms. The van der Waals surface area contributed by atoms with E-state index in [2.05, 4.69) is 23.8 Å². The van der Waals surface area contributed by atoms with Gasteiger partial charge in [-0.05, 0) is 49.7 Å².